The number of carbonyl (C=O) groups is 1. The summed E-state index contributed by atoms with van der Waals surface area (Å²) in [6, 6.07) is 14.1. The molecule has 0 fully saturated rings. The molecule has 6 nitrogen and oxygen atoms in total. The van der Waals surface area contributed by atoms with Crippen molar-refractivity contribution in [2.45, 2.75) is 13.2 Å². The van der Waals surface area contributed by atoms with Crippen LogP contribution in [0.25, 0.3) is 0 Å². The number of phenols is 1. The highest BCUT2D eigenvalue weighted by atomic mass is 16.5. The minimum atomic E-state index is -0.697. The fourth-order valence-corrected chi connectivity index (χ4v) is 2.33. The molecule has 6 heteroatoms. The van der Waals surface area contributed by atoms with E-state index in [2.05, 4.69) is 5.10 Å². The van der Waals surface area contributed by atoms with E-state index < -0.39 is 6.23 Å². The van der Waals surface area contributed by atoms with Crippen molar-refractivity contribution >= 4 is 11.8 Å². The quantitative estimate of drug-likeness (QED) is 0.946. The van der Waals surface area contributed by atoms with E-state index >= 15 is 0 Å². The summed E-state index contributed by atoms with van der Waals surface area (Å²) in [7, 11) is 1.46. The molecule has 0 unspecified atom stereocenters. The van der Waals surface area contributed by atoms with Gasteiger partial charge < -0.3 is 14.6 Å². The van der Waals surface area contributed by atoms with Crippen molar-refractivity contribution in [1.82, 2.24) is 5.01 Å². The summed E-state index contributed by atoms with van der Waals surface area (Å²) in [6.45, 7) is 1.42. The van der Waals surface area contributed by atoms with Gasteiger partial charge in [0, 0.05) is 18.1 Å². The lowest BCUT2D eigenvalue weighted by atomic mass is 10.1. The molecule has 2 aromatic rings. The number of hydrazone groups is 1. The van der Waals surface area contributed by atoms with Crippen LogP contribution in [0.15, 0.2) is 53.6 Å². The van der Waals surface area contributed by atoms with Crippen molar-refractivity contribution in [2.75, 3.05) is 7.11 Å². The molecule has 0 spiro atoms. The molecule has 1 aliphatic rings. The molecule has 3 rings (SSSR count). The molecular formula is C17H16N2O4. The van der Waals surface area contributed by atoms with Crippen LogP contribution >= 0.6 is 0 Å². The van der Waals surface area contributed by atoms with Crippen LogP contribution in [0.1, 0.15) is 24.3 Å². The van der Waals surface area contributed by atoms with Crippen LogP contribution in [0.5, 0.6) is 11.5 Å². The Labute approximate surface area is 133 Å². The van der Waals surface area contributed by atoms with Gasteiger partial charge in [0.15, 0.2) is 11.5 Å². The van der Waals surface area contributed by atoms with Crippen molar-refractivity contribution in [3.8, 4) is 11.5 Å². The lowest BCUT2D eigenvalue weighted by Gasteiger charge is -2.20. The van der Waals surface area contributed by atoms with Gasteiger partial charge in [0.25, 0.3) is 0 Å². The predicted molar refractivity (Wildman–Crippen MR) is 84.0 cm³/mol. The lowest BCUT2D eigenvalue weighted by molar-refractivity contribution is -0.135. The number of nitrogens with zero attached hydrogens (tertiary/aromatic N) is 2. The molecule has 1 N–H and O–H groups in total. The maximum Gasteiger partial charge on any atom is 0.243 e. The molecule has 1 aliphatic heterocycles. The van der Waals surface area contributed by atoms with Gasteiger partial charge in [-0.15, -0.1) is 5.10 Å². The third-order valence-corrected chi connectivity index (χ3v) is 3.48. The molecule has 2 aromatic carbocycles. The standard InChI is InChI=1S/C17H16N2O4/c1-11(20)19-17(13-8-9-14(21)15(10-13)22-2)23-16(18-19)12-6-4-3-5-7-12/h3-10,17,21H,1-2H3/t17-/m1/s1. The molecule has 1 atom stereocenters. The fourth-order valence-electron chi connectivity index (χ4n) is 2.33. The number of aromatic hydroxyl groups is 1. The average molecular weight is 312 g/mol. The predicted octanol–water partition coefficient (Wildman–Crippen LogP) is 2.64. The van der Waals surface area contributed by atoms with Crippen LogP contribution in [0.3, 0.4) is 0 Å². The van der Waals surface area contributed by atoms with Crippen LogP contribution < -0.4 is 4.74 Å². The van der Waals surface area contributed by atoms with E-state index in [1.807, 2.05) is 30.3 Å². The van der Waals surface area contributed by atoms with E-state index in [9.17, 15) is 9.90 Å². The Morgan fingerprint density at radius 2 is 2.00 bits per heavy atom. The summed E-state index contributed by atoms with van der Waals surface area (Å²) in [5.74, 6) is 0.460. The molecule has 0 saturated heterocycles. The first kappa shape index (κ1) is 14.9. The van der Waals surface area contributed by atoms with Gasteiger partial charge >= 0.3 is 0 Å². The normalized spacial score (nSPS) is 16.7. The number of amides is 1. The van der Waals surface area contributed by atoms with E-state index in [-0.39, 0.29) is 11.7 Å². The van der Waals surface area contributed by atoms with E-state index in [4.69, 9.17) is 9.47 Å². The molecule has 0 saturated carbocycles. The van der Waals surface area contributed by atoms with Crippen LogP contribution in [-0.4, -0.2) is 29.0 Å². The molecule has 23 heavy (non-hydrogen) atoms. The second kappa shape index (κ2) is 6.00. The summed E-state index contributed by atoms with van der Waals surface area (Å²) in [5, 5.41) is 15.2. The third-order valence-electron chi connectivity index (χ3n) is 3.48. The number of methoxy groups -OCH3 is 1. The fraction of sp³-hybridized carbons (Fsp3) is 0.176. The first-order valence-corrected chi connectivity index (χ1v) is 7.07. The third kappa shape index (κ3) is 2.83. The molecule has 0 radical (unpaired) electrons. The molecule has 1 heterocycles. The Balaban J connectivity index is 1.96. The van der Waals surface area contributed by atoms with Crippen LogP contribution in [-0.2, 0) is 9.53 Å². The summed E-state index contributed by atoms with van der Waals surface area (Å²) < 4.78 is 11.0. The van der Waals surface area contributed by atoms with Crippen molar-refractivity contribution < 1.29 is 19.4 Å². The number of benzene rings is 2. The monoisotopic (exact) mass is 312 g/mol. The Morgan fingerprint density at radius 1 is 1.26 bits per heavy atom. The number of ether oxygens (including phenoxy) is 2. The molecule has 1 amide bonds. The first-order valence-electron chi connectivity index (χ1n) is 7.07. The van der Waals surface area contributed by atoms with Crippen molar-refractivity contribution in [1.29, 1.82) is 0 Å². The Bertz CT molecular complexity index is 758. The van der Waals surface area contributed by atoms with Gasteiger partial charge in [-0.05, 0) is 30.3 Å². The van der Waals surface area contributed by atoms with E-state index in [1.54, 1.807) is 12.1 Å². The number of hydrogen-bond acceptors (Lipinski definition) is 5. The number of hydrogen-bond donors (Lipinski definition) is 1. The van der Waals surface area contributed by atoms with Gasteiger partial charge in [0.05, 0.1) is 7.11 Å². The van der Waals surface area contributed by atoms with Crippen molar-refractivity contribution in [3.63, 3.8) is 0 Å². The highest BCUT2D eigenvalue weighted by Gasteiger charge is 2.33. The van der Waals surface area contributed by atoms with E-state index in [1.165, 1.54) is 25.1 Å². The van der Waals surface area contributed by atoms with Gasteiger partial charge in [-0.1, -0.05) is 18.2 Å². The SMILES string of the molecule is COc1cc([C@H]2OC(c3ccccc3)=NN2C(C)=O)ccc1O. The number of carbonyl (C=O) groups excluding carboxylic acids is 1. The van der Waals surface area contributed by atoms with Crippen molar-refractivity contribution in [2.24, 2.45) is 5.10 Å². The van der Waals surface area contributed by atoms with Crippen LogP contribution in [0.4, 0.5) is 0 Å². The minimum absolute atomic E-state index is 0.0211. The second-order valence-corrected chi connectivity index (χ2v) is 5.04. The average Bonchev–Trinajstić information content (AvgIpc) is 3.02. The first-order chi connectivity index (χ1) is 11.1. The highest BCUT2D eigenvalue weighted by molar-refractivity contribution is 5.96. The number of phenolic OH excluding ortho intramolecular Hbond substituents is 1. The summed E-state index contributed by atoms with van der Waals surface area (Å²) in [5.41, 5.74) is 1.44. The zero-order valence-electron chi connectivity index (χ0n) is 12.8. The molecular weight excluding hydrogens is 296 g/mol. The van der Waals surface area contributed by atoms with Gasteiger partial charge in [0.2, 0.25) is 18.0 Å². The summed E-state index contributed by atoms with van der Waals surface area (Å²) in [4.78, 5) is 11.9. The Morgan fingerprint density at radius 3 is 2.65 bits per heavy atom. The van der Waals surface area contributed by atoms with E-state index in [0.717, 1.165) is 5.56 Å². The second-order valence-electron chi connectivity index (χ2n) is 5.04. The topological polar surface area (TPSA) is 71.4 Å². The largest absolute Gasteiger partial charge is 0.504 e. The molecule has 0 aromatic heterocycles. The molecule has 0 bridgehead atoms. The van der Waals surface area contributed by atoms with E-state index in [0.29, 0.717) is 17.2 Å². The zero-order valence-corrected chi connectivity index (χ0v) is 12.8. The summed E-state index contributed by atoms with van der Waals surface area (Å²) in [6.07, 6.45) is -0.697. The summed E-state index contributed by atoms with van der Waals surface area (Å²) >= 11 is 0. The van der Waals surface area contributed by atoms with Crippen LogP contribution in [0, 0.1) is 0 Å². The van der Waals surface area contributed by atoms with Crippen molar-refractivity contribution in [3.05, 3.63) is 59.7 Å². The smallest absolute Gasteiger partial charge is 0.243 e. The van der Waals surface area contributed by atoms with Gasteiger partial charge in [0.1, 0.15) is 0 Å². The highest BCUT2D eigenvalue weighted by Crippen LogP contribution is 2.35. The minimum Gasteiger partial charge on any atom is -0.504 e. The zero-order chi connectivity index (χ0) is 16.4. The lowest BCUT2D eigenvalue weighted by Crippen LogP contribution is -2.25. The molecule has 0 aliphatic carbocycles. The van der Waals surface area contributed by atoms with Gasteiger partial charge in [-0.3, -0.25) is 4.79 Å². The Kier molecular flexibility index (Phi) is 3.89. The van der Waals surface area contributed by atoms with Crippen LogP contribution in [0.2, 0.25) is 0 Å². The van der Waals surface area contributed by atoms with Gasteiger partial charge in [-0.2, -0.15) is 5.01 Å². The Hall–Kier alpha value is -3.02. The maximum absolute atomic E-state index is 11.9. The molecule has 118 valence electrons. The maximum atomic E-state index is 11.9. The van der Waals surface area contributed by atoms with Gasteiger partial charge in [-0.25, -0.2) is 0 Å². The number of rotatable bonds is 3.